The van der Waals surface area contributed by atoms with Crippen LogP contribution in [0.15, 0.2) is 121 Å². The van der Waals surface area contributed by atoms with Crippen LogP contribution >= 0.6 is 0 Å². The summed E-state index contributed by atoms with van der Waals surface area (Å²) >= 11 is 0. The van der Waals surface area contributed by atoms with Crippen molar-refractivity contribution in [2.75, 3.05) is 0 Å². The van der Waals surface area contributed by atoms with Crippen LogP contribution in [0, 0.1) is 11.8 Å². The second-order valence-electron chi connectivity index (χ2n) is 9.90. The van der Waals surface area contributed by atoms with Crippen molar-refractivity contribution in [1.82, 2.24) is 0 Å². The zero-order chi connectivity index (χ0) is 28.9. The van der Waals surface area contributed by atoms with Crippen LogP contribution in [-0.4, -0.2) is 11.9 Å². The van der Waals surface area contributed by atoms with Crippen LogP contribution in [-0.2, 0) is 32.3 Å². The fourth-order valence-electron chi connectivity index (χ4n) is 4.50. The number of esters is 2. The van der Waals surface area contributed by atoms with Gasteiger partial charge in [-0.2, -0.15) is 0 Å². The average molecular weight is 553 g/mol. The Morgan fingerprint density at radius 2 is 1.27 bits per heavy atom. The Labute approximate surface area is 241 Å². The molecule has 0 aliphatic heterocycles. The largest absolute Gasteiger partial charge is 0.489 e. The lowest BCUT2D eigenvalue weighted by Gasteiger charge is -2.25. The van der Waals surface area contributed by atoms with E-state index >= 15 is 0 Å². The van der Waals surface area contributed by atoms with Crippen molar-refractivity contribution in [3.8, 4) is 11.5 Å². The highest BCUT2D eigenvalue weighted by Gasteiger charge is 2.32. The van der Waals surface area contributed by atoms with Crippen LogP contribution < -0.4 is 9.47 Å². The summed E-state index contributed by atoms with van der Waals surface area (Å²) in [6.45, 7) is 6.63. The van der Waals surface area contributed by atoms with Gasteiger partial charge in [-0.3, -0.25) is 9.59 Å². The molecule has 0 unspecified atom stereocenters. The smallest absolute Gasteiger partial charge is 0.314 e. The summed E-state index contributed by atoms with van der Waals surface area (Å²) in [5, 5.41) is 0. The number of carbonyl (C=O) groups is 2. The molecule has 6 heteroatoms. The van der Waals surface area contributed by atoms with Gasteiger partial charge in [0.1, 0.15) is 36.2 Å². The normalized spacial score (nSPS) is 17.0. The van der Waals surface area contributed by atoms with E-state index in [1.165, 1.54) is 0 Å². The number of allylic oxidation sites excluding steroid dienone is 3. The summed E-state index contributed by atoms with van der Waals surface area (Å²) in [6, 6.07) is 26.8. The molecule has 0 heterocycles. The van der Waals surface area contributed by atoms with Gasteiger partial charge in [0.2, 0.25) is 0 Å². The number of benzene rings is 3. The predicted molar refractivity (Wildman–Crippen MR) is 158 cm³/mol. The van der Waals surface area contributed by atoms with E-state index in [0.29, 0.717) is 56.2 Å². The highest BCUT2D eigenvalue weighted by atomic mass is 16.5. The Balaban J connectivity index is 1.16. The molecule has 0 spiro atoms. The number of ether oxygens (including phenoxy) is 4. The molecule has 0 bridgehead atoms. The van der Waals surface area contributed by atoms with Crippen LogP contribution in [0.3, 0.4) is 0 Å². The Morgan fingerprint density at radius 3 is 1.85 bits per heavy atom. The highest BCUT2D eigenvalue weighted by Crippen LogP contribution is 2.31. The van der Waals surface area contributed by atoms with Gasteiger partial charge in [-0.1, -0.05) is 67.2 Å². The standard InChI is InChI=1S/C35H36O6/c1-3-31(38-24-27-10-6-4-7-11-27)19-14-26(2)40-34(36)29-15-17-30(18-16-29)35(37)41-33-22-20-32(21-23-33)39-25-28-12-8-5-9-13-28/h3-14,19-23,29-30H,2,15-18,24-25H2,1H3/b19-14-,31-3+. The molecule has 3 aromatic carbocycles. The quantitative estimate of drug-likeness (QED) is 0.0992. The highest BCUT2D eigenvalue weighted by molar-refractivity contribution is 5.77. The molecular formula is C35H36O6. The van der Waals surface area contributed by atoms with E-state index in [2.05, 4.69) is 6.58 Å². The zero-order valence-electron chi connectivity index (χ0n) is 23.4. The SMILES string of the molecule is C=C(/C=C\C(=C/C)OCc1ccccc1)OC(=O)C1CCC(C(=O)Oc2ccc(OCc3ccccc3)cc2)CC1. The maximum Gasteiger partial charge on any atom is 0.314 e. The average Bonchev–Trinajstić information content (AvgIpc) is 3.02. The first-order chi connectivity index (χ1) is 20.0. The van der Waals surface area contributed by atoms with Gasteiger partial charge in [0, 0.05) is 0 Å². The van der Waals surface area contributed by atoms with Gasteiger partial charge >= 0.3 is 11.9 Å². The van der Waals surface area contributed by atoms with E-state index in [1.54, 1.807) is 36.4 Å². The molecule has 1 aliphatic rings. The summed E-state index contributed by atoms with van der Waals surface area (Å²) in [5.74, 6) is 0.928. The third-order valence-electron chi connectivity index (χ3n) is 6.88. The summed E-state index contributed by atoms with van der Waals surface area (Å²) in [7, 11) is 0. The molecule has 6 nitrogen and oxygen atoms in total. The monoisotopic (exact) mass is 552 g/mol. The Kier molecular flexibility index (Phi) is 11.0. The maximum atomic E-state index is 12.7. The van der Waals surface area contributed by atoms with Crippen molar-refractivity contribution in [3.63, 3.8) is 0 Å². The number of carbonyl (C=O) groups excluding carboxylic acids is 2. The van der Waals surface area contributed by atoms with Crippen molar-refractivity contribution in [3.05, 3.63) is 132 Å². The molecule has 41 heavy (non-hydrogen) atoms. The van der Waals surface area contributed by atoms with Crippen molar-refractivity contribution in [1.29, 1.82) is 0 Å². The summed E-state index contributed by atoms with van der Waals surface area (Å²) in [4.78, 5) is 25.4. The predicted octanol–water partition coefficient (Wildman–Crippen LogP) is 7.71. The van der Waals surface area contributed by atoms with Crippen LogP contribution in [0.25, 0.3) is 0 Å². The van der Waals surface area contributed by atoms with Crippen molar-refractivity contribution >= 4 is 11.9 Å². The topological polar surface area (TPSA) is 71.1 Å². The number of hydrogen-bond acceptors (Lipinski definition) is 6. The van der Waals surface area contributed by atoms with E-state index in [4.69, 9.17) is 18.9 Å². The fraction of sp³-hybridized carbons (Fsp3) is 0.257. The Morgan fingerprint density at radius 1 is 0.732 bits per heavy atom. The molecule has 0 amide bonds. The molecule has 1 fully saturated rings. The molecule has 0 aromatic heterocycles. The van der Waals surface area contributed by atoms with Crippen molar-refractivity contribution in [2.45, 2.75) is 45.8 Å². The molecule has 212 valence electrons. The molecule has 0 saturated heterocycles. The third kappa shape index (κ3) is 9.53. The van der Waals surface area contributed by atoms with Gasteiger partial charge in [0.15, 0.2) is 0 Å². The lowest BCUT2D eigenvalue weighted by atomic mass is 9.82. The fourth-order valence-corrected chi connectivity index (χ4v) is 4.50. The molecule has 1 aliphatic carbocycles. The van der Waals surface area contributed by atoms with Crippen LogP contribution in [0.2, 0.25) is 0 Å². The zero-order valence-corrected chi connectivity index (χ0v) is 23.4. The van der Waals surface area contributed by atoms with Gasteiger partial charge in [0.05, 0.1) is 11.8 Å². The molecule has 0 N–H and O–H groups in total. The van der Waals surface area contributed by atoms with Crippen LogP contribution in [0.4, 0.5) is 0 Å². The second-order valence-corrected chi connectivity index (χ2v) is 9.90. The van der Waals surface area contributed by atoms with E-state index in [-0.39, 0.29) is 29.5 Å². The minimum atomic E-state index is -0.329. The Bertz CT molecular complexity index is 1330. The molecular weight excluding hydrogens is 516 g/mol. The molecule has 3 aromatic rings. The summed E-state index contributed by atoms with van der Waals surface area (Å²) < 4.78 is 22.6. The third-order valence-corrected chi connectivity index (χ3v) is 6.88. The van der Waals surface area contributed by atoms with Crippen molar-refractivity contribution in [2.24, 2.45) is 11.8 Å². The van der Waals surface area contributed by atoms with Gasteiger partial charge in [-0.05, 0) is 86.2 Å². The number of rotatable bonds is 12. The lowest BCUT2D eigenvalue weighted by molar-refractivity contribution is -0.148. The van der Waals surface area contributed by atoms with Gasteiger partial charge in [-0.15, -0.1) is 0 Å². The first kappa shape index (κ1) is 29.4. The van der Waals surface area contributed by atoms with E-state index in [9.17, 15) is 9.59 Å². The first-order valence-electron chi connectivity index (χ1n) is 13.9. The van der Waals surface area contributed by atoms with E-state index < -0.39 is 0 Å². The lowest BCUT2D eigenvalue weighted by Crippen LogP contribution is -2.29. The maximum absolute atomic E-state index is 12.7. The van der Waals surface area contributed by atoms with Gasteiger partial charge in [0.25, 0.3) is 0 Å². The molecule has 0 radical (unpaired) electrons. The molecule has 1 saturated carbocycles. The van der Waals surface area contributed by atoms with E-state index in [0.717, 1.165) is 11.1 Å². The second kappa shape index (κ2) is 15.3. The summed E-state index contributed by atoms with van der Waals surface area (Å²) in [5.41, 5.74) is 2.14. The van der Waals surface area contributed by atoms with Gasteiger partial charge < -0.3 is 18.9 Å². The Hall–Kier alpha value is -4.58. The first-order valence-corrected chi connectivity index (χ1v) is 13.9. The minimum Gasteiger partial charge on any atom is -0.489 e. The molecule has 0 atom stereocenters. The van der Waals surface area contributed by atoms with Gasteiger partial charge in [-0.25, -0.2) is 0 Å². The summed E-state index contributed by atoms with van der Waals surface area (Å²) in [6.07, 6.45) is 7.43. The number of hydrogen-bond donors (Lipinski definition) is 0. The molecule has 4 rings (SSSR count). The van der Waals surface area contributed by atoms with Crippen LogP contribution in [0.5, 0.6) is 11.5 Å². The van der Waals surface area contributed by atoms with Crippen molar-refractivity contribution < 1.29 is 28.5 Å². The van der Waals surface area contributed by atoms with E-state index in [1.807, 2.05) is 73.7 Å². The minimum absolute atomic E-state index is 0.246. The van der Waals surface area contributed by atoms with Crippen LogP contribution in [0.1, 0.15) is 43.7 Å².